The molecule has 2 atom stereocenters. The second-order valence-corrected chi connectivity index (χ2v) is 4.92. The van der Waals surface area contributed by atoms with Crippen LogP contribution in [0.25, 0.3) is 0 Å². The average molecular weight is 254 g/mol. The fourth-order valence-corrected chi connectivity index (χ4v) is 2.68. The van der Waals surface area contributed by atoms with Gasteiger partial charge < -0.3 is 15.3 Å². The number of carbonyl (C=O) groups excluding carboxylic acids is 2. The number of carboxylic acid groups (broad SMARTS) is 1. The summed E-state index contributed by atoms with van der Waals surface area (Å²) >= 11 is 0. The van der Waals surface area contributed by atoms with Gasteiger partial charge in [-0.2, -0.15) is 0 Å². The van der Waals surface area contributed by atoms with Crippen molar-refractivity contribution in [3.05, 3.63) is 0 Å². The zero-order chi connectivity index (χ0) is 13.1. The molecule has 0 aliphatic carbocycles. The van der Waals surface area contributed by atoms with Crippen molar-refractivity contribution in [3.63, 3.8) is 0 Å². The summed E-state index contributed by atoms with van der Waals surface area (Å²) in [6.07, 6.45) is 2.98. The van der Waals surface area contributed by atoms with E-state index >= 15 is 0 Å². The van der Waals surface area contributed by atoms with Crippen molar-refractivity contribution in [2.75, 3.05) is 13.1 Å². The number of carbonyl (C=O) groups is 3. The Morgan fingerprint density at radius 3 is 2.72 bits per heavy atom. The normalized spacial score (nSPS) is 28.7. The van der Waals surface area contributed by atoms with Gasteiger partial charge in [-0.1, -0.05) is 0 Å². The number of aliphatic carboxylic acids is 1. The third-order valence-electron chi connectivity index (χ3n) is 3.67. The highest BCUT2D eigenvalue weighted by atomic mass is 16.4. The molecule has 2 unspecified atom stereocenters. The van der Waals surface area contributed by atoms with Crippen molar-refractivity contribution < 1.29 is 19.5 Å². The van der Waals surface area contributed by atoms with E-state index in [-0.39, 0.29) is 24.2 Å². The van der Waals surface area contributed by atoms with E-state index in [0.29, 0.717) is 25.9 Å². The van der Waals surface area contributed by atoms with Crippen molar-refractivity contribution in [2.24, 2.45) is 5.92 Å². The van der Waals surface area contributed by atoms with Gasteiger partial charge in [-0.25, -0.2) is 4.79 Å². The fraction of sp³-hybridized carbons (Fsp3) is 0.750. The first kappa shape index (κ1) is 12.9. The van der Waals surface area contributed by atoms with Crippen LogP contribution in [0.15, 0.2) is 0 Å². The molecule has 2 rings (SSSR count). The van der Waals surface area contributed by atoms with Gasteiger partial charge in [0.1, 0.15) is 6.04 Å². The molecule has 2 N–H and O–H groups in total. The van der Waals surface area contributed by atoms with E-state index in [2.05, 4.69) is 5.32 Å². The molecule has 2 heterocycles. The molecule has 2 aliphatic rings. The largest absolute Gasteiger partial charge is 0.480 e. The number of hydrogen-bond donors (Lipinski definition) is 2. The molecule has 0 saturated carbocycles. The number of nitrogens with one attached hydrogen (secondary N) is 1. The van der Waals surface area contributed by atoms with Gasteiger partial charge >= 0.3 is 5.97 Å². The van der Waals surface area contributed by atoms with Crippen molar-refractivity contribution in [2.45, 2.75) is 38.1 Å². The van der Waals surface area contributed by atoms with Gasteiger partial charge in [-0.05, 0) is 25.7 Å². The van der Waals surface area contributed by atoms with Gasteiger partial charge in [-0.3, -0.25) is 9.59 Å². The van der Waals surface area contributed by atoms with Crippen LogP contribution in [0.5, 0.6) is 0 Å². The topological polar surface area (TPSA) is 86.7 Å². The SMILES string of the molecule is O=C1CC(C(=O)N2CCCCC2C(=O)O)CCN1. The first-order valence-electron chi connectivity index (χ1n) is 6.39. The molecular formula is C12H18N2O4. The molecule has 6 nitrogen and oxygen atoms in total. The first-order chi connectivity index (χ1) is 8.59. The maximum Gasteiger partial charge on any atom is 0.326 e. The van der Waals surface area contributed by atoms with E-state index in [9.17, 15) is 14.4 Å². The van der Waals surface area contributed by atoms with Gasteiger partial charge in [-0.15, -0.1) is 0 Å². The van der Waals surface area contributed by atoms with Crippen LogP contribution >= 0.6 is 0 Å². The highest BCUT2D eigenvalue weighted by Gasteiger charge is 2.36. The lowest BCUT2D eigenvalue weighted by Crippen LogP contribution is -2.52. The molecule has 0 aromatic heterocycles. The molecular weight excluding hydrogens is 236 g/mol. The maximum absolute atomic E-state index is 12.3. The number of carboxylic acids is 1. The second kappa shape index (κ2) is 5.37. The van der Waals surface area contributed by atoms with E-state index < -0.39 is 12.0 Å². The Labute approximate surface area is 105 Å². The molecule has 0 bridgehead atoms. The summed E-state index contributed by atoms with van der Waals surface area (Å²) in [6.45, 7) is 0.995. The van der Waals surface area contributed by atoms with Gasteiger partial charge in [0.05, 0.1) is 0 Å². The highest BCUT2D eigenvalue weighted by Crippen LogP contribution is 2.23. The van der Waals surface area contributed by atoms with Crippen molar-refractivity contribution in [1.29, 1.82) is 0 Å². The van der Waals surface area contributed by atoms with Crippen LogP contribution in [0.1, 0.15) is 32.1 Å². The predicted octanol–water partition coefficient (Wildman–Crippen LogP) is -0.0217. The molecule has 2 saturated heterocycles. The maximum atomic E-state index is 12.3. The second-order valence-electron chi connectivity index (χ2n) is 4.92. The lowest BCUT2D eigenvalue weighted by Gasteiger charge is -2.36. The molecule has 100 valence electrons. The molecule has 0 spiro atoms. The Morgan fingerprint density at radius 1 is 1.28 bits per heavy atom. The highest BCUT2D eigenvalue weighted by molar-refractivity contribution is 5.89. The van der Waals surface area contributed by atoms with Crippen LogP contribution in [0.3, 0.4) is 0 Å². The number of piperidine rings is 2. The van der Waals surface area contributed by atoms with Crippen LogP contribution < -0.4 is 5.32 Å². The summed E-state index contributed by atoms with van der Waals surface area (Å²) in [4.78, 5) is 36.2. The predicted molar refractivity (Wildman–Crippen MR) is 62.7 cm³/mol. The number of hydrogen-bond acceptors (Lipinski definition) is 3. The molecule has 0 aromatic rings. The van der Waals surface area contributed by atoms with Gasteiger partial charge in [0.25, 0.3) is 0 Å². The third-order valence-corrected chi connectivity index (χ3v) is 3.67. The summed E-state index contributed by atoms with van der Waals surface area (Å²) in [5.41, 5.74) is 0. The number of nitrogens with zero attached hydrogens (tertiary/aromatic N) is 1. The van der Waals surface area contributed by atoms with Crippen molar-refractivity contribution in [3.8, 4) is 0 Å². The van der Waals surface area contributed by atoms with E-state index in [1.165, 1.54) is 4.90 Å². The lowest BCUT2D eigenvalue weighted by molar-refractivity contribution is -0.154. The minimum absolute atomic E-state index is 0.122. The molecule has 2 aliphatic heterocycles. The van der Waals surface area contributed by atoms with Crippen LogP contribution in [0.2, 0.25) is 0 Å². The zero-order valence-electron chi connectivity index (χ0n) is 10.2. The van der Waals surface area contributed by atoms with Gasteiger partial charge in [0, 0.05) is 25.4 Å². The molecule has 0 aromatic carbocycles. The minimum atomic E-state index is -0.941. The molecule has 6 heteroatoms. The van der Waals surface area contributed by atoms with Crippen LogP contribution in [0, 0.1) is 5.92 Å². The molecule has 0 radical (unpaired) electrons. The number of likely N-dealkylation sites (tertiary alicyclic amines) is 1. The molecule has 2 amide bonds. The van der Waals surface area contributed by atoms with Crippen molar-refractivity contribution in [1.82, 2.24) is 10.2 Å². The number of amides is 2. The Hall–Kier alpha value is -1.59. The summed E-state index contributed by atoms with van der Waals surface area (Å²) < 4.78 is 0. The van der Waals surface area contributed by atoms with Crippen LogP contribution in [0.4, 0.5) is 0 Å². The fourth-order valence-electron chi connectivity index (χ4n) is 2.68. The summed E-state index contributed by atoms with van der Waals surface area (Å²) in [5.74, 6) is -1.58. The van der Waals surface area contributed by atoms with Crippen LogP contribution in [-0.2, 0) is 14.4 Å². The quantitative estimate of drug-likeness (QED) is 0.725. The zero-order valence-corrected chi connectivity index (χ0v) is 10.2. The van der Waals surface area contributed by atoms with Gasteiger partial charge in [0.15, 0.2) is 0 Å². The lowest BCUT2D eigenvalue weighted by atomic mass is 9.93. The summed E-state index contributed by atoms with van der Waals surface area (Å²) in [5, 5.41) is 11.8. The summed E-state index contributed by atoms with van der Waals surface area (Å²) in [7, 11) is 0. The van der Waals surface area contributed by atoms with E-state index in [0.717, 1.165) is 12.8 Å². The third kappa shape index (κ3) is 2.63. The van der Waals surface area contributed by atoms with Crippen molar-refractivity contribution >= 4 is 17.8 Å². The summed E-state index contributed by atoms with van der Waals surface area (Å²) in [6, 6.07) is -0.712. The van der Waals surface area contributed by atoms with E-state index in [1.807, 2.05) is 0 Å². The van der Waals surface area contributed by atoms with E-state index in [4.69, 9.17) is 5.11 Å². The van der Waals surface area contributed by atoms with E-state index in [1.54, 1.807) is 0 Å². The standard InChI is InChI=1S/C12H18N2O4/c15-10-7-8(4-5-13-10)11(16)14-6-2-1-3-9(14)12(17)18/h8-9H,1-7H2,(H,13,15)(H,17,18). The van der Waals surface area contributed by atoms with Gasteiger partial charge in [0.2, 0.25) is 11.8 Å². The van der Waals surface area contributed by atoms with Crippen LogP contribution in [-0.4, -0.2) is 46.9 Å². The Bertz CT molecular complexity index is 369. The monoisotopic (exact) mass is 254 g/mol. The average Bonchev–Trinajstić information content (AvgIpc) is 2.38. The molecule has 2 fully saturated rings. The Kier molecular flexibility index (Phi) is 3.84. The minimum Gasteiger partial charge on any atom is -0.480 e. The molecule has 18 heavy (non-hydrogen) atoms. The Balaban J connectivity index is 2.05. The smallest absolute Gasteiger partial charge is 0.326 e. The first-order valence-corrected chi connectivity index (χ1v) is 6.39. The Morgan fingerprint density at radius 2 is 2.06 bits per heavy atom. The number of rotatable bonds is 2.